The summed E-state index contributed by atoms with van der Waals surface area (Å²) < 4.78 is 36.6. The SMILES string of the molecule is CCCCC[C@@H](C)[C@H](C)C(F)(F)F. The fraction of sp³-hybridized carbons (Fsp3) is 1.00. The van der Waals surface area contributed by atoms with Crippen LogP contribution < -0.4 is 0 Å². The lowest BCUT2D eigenvalue weighted by molar-refractivity contribution is -0.182. The molecule has 0 amide bonds. The van der Waals surface area contributed by atoms with Crippen molar-refractivity contribution >= 4 is 0 Å². The summed E-state index contributed by atoms with van der Waals surface area (Å²) in [4.78, 5) is 0. The highest BCUT2D eigenvalue weighted by Crippen LogP contribution is 2.33. The first-order valence-corrected chi connectivity index (χ1v) is 4.96. The minimum absolute atomic E-state index is 0.244. The molecule has 0 rings (SSSR count). The quantitative estimate of drug-likeness (QED) is 0.572. The predicted molar refractivity (Wildman–Crippen MR) is 48.5 cm³/mol. The summed E-state index contributed by atoms with van der Waals surface area (Å²) in [5, 5.41) is 0. The van der Waals surface area contributed by atoms with Gasteiger partial charge in [0.1, 0.15) is 0 Å². The van der Waals surface area contributed by atoms with Gasteiger partial charge in [-0.05, 0) is 5.92 Å². The van der Waals surface area contributed by atoms with E-state index < -0.39 is 12.1 Å². The van der Waals surface area contributed by atoms with Gasteiger partial charge < -0.3 is 0 Å². The van der Waals surface area contributed by atoms with E-state index in [9.17, 15) is 13.2 Å². The topological polar surface area (TPSA) is 0 Å². The molecule has 0 aromatic rings. The third-order valence-electron chi connectivity index (χ3n) is 2.63. The summed E-state index contributed by atoms with van der Waals surface area (Å²) in [6.07, 6.45) is -0.319. The highest BCUT2D eigenvalue weighted by Gasteiger charge is 2.38. The molecule has 0 fully saturated rings. The van der Waals surface area contributed by atoms with Crippen molar-refractivity contribution in [3.63, 3.8) is 0 Å². The Hall–Kier alpha value is -0.210. The van der Waals surface area contributed by atoms with E-state index in [4.69, 9.17) is 0 Å². The smallest absolute Gasteiger partial charge is 0.171 e. The number of hydrogen-bond acceptors (Lipinski definition) is 0. The zero-order valence-electron chi connectivity index (χ0n) is 8.62. The van der Waals surface area contributed by atoms with Crippen LogP contribution in [0.4, 0.5) is 13.2 Å². The second kappa shape index (κ2) is 5.51. The van der Waals surface area contributed by atoms with Gasteiger partial charge in [-0.15, -0.1) is 0 Å². The number of rotatable bonds is 5. The van der Waals surface area contributed by atoms with Crippen LogP contribution >= 0.6 is 0 Å². The van der Waals surface area contributed by atoms with Crippen molar-refractivity contribution in [2.24, 2.45) is 11.8 Å². The van der Waals surface area contributed by atoms with Crippen molar-refractivity contribution in [2.75, 3.05) is 0 Å². The molecule has 0 aliphatic carbocycles. The average Bonchev–Trinajstić information content (AvgIpc) is 2.01. The van der Waals surface area contributed by atoms with Crippen LogP contribution in [0.5, 0.6) is 0 Å². The van der Waals surface area contributed by atoms with Gasteiger partial charge in [0.25, 0.3) is 0 Å². The van der Waals surface area contributed by atoms with E-state index in [-0.39, 0.29) is 5.92 Å². The van der Waals surface area contributed by atoms with Crippen molar-refractivity contribution in [3.05, 3.63) is 0 Å². The molecule has 0 radical (unpaired) electrons. The summed E-state index contributed by atoms with van der Waals surface area (Å²) in [6.45, 7) is 5.02. The molecule has 0 N–H and O–H groups in total. The Morgan fingerprint density at radius 2 is 1.62 bits per heavy atom. The first kappa shape index (κ1) is 12.8. The standard InChI is InChI=1S/C10H19F3/c1-4-5-6-7-8(2)9(3)10(11,12)13/h8-9H,4-7H2,1-3H3/t8-,9+/m1/s1. The monoisotopic (exact) mass is 196 g/mol. The molecule has 13 heavy (non-hydrogen) atoms. The van der Waals surface area contributed by atoms with Gasteiger partial charge in [0, 0.05) is 0 Å². The molecule has 0 bridgehead atoms. The molecule has 3 heteroatoms. The van der Waals surface area contributed by atoms with Crippen LogP contribution in [0.25, 0.3) is 0 Å². The number of halogens is 3. The summed E-state index contributed by atoms with van der Waals surface area (Å²) >= 11 is 0. The van der Waals surface area contributed by atoms with Gasteiger partial charge in [-0.3, -0.25) is 0 Å². The van der Waals surface area contributed by atoms with Gasteiger partial charge in [-0.2, -0.15) is 13.2 Å². The van der Waals surface area contributed by atoms with Crippen LogP contribution in [-0.4, -0.2) is 6.18 Å². The van der Waals surface area contributed by atoms with Gasteiger partial charge in [-0.25, -0.2) is 0 Å². The Morgan fingerprint density at radius 1 is 1.08 bits per heavy atom. The highest BCUT2D eigenvalue weighted by atomic mass is 19.4. The molecule has 80 valence electrons. The Bertz CT molecular complexity index is 129. The Kier molecular flexibility index (Phi) is 5.42. The minimum Gasteiger partial charge on any atom is -0.171 e. The van der Waals surface area contributed by atoms with Crippen LogP contribution in [0, 0.1) is 11.8 Å². The molecule has 0 heterocycles. The molecule has 0 aliphatic heterocycles. The first-order chi connectivity index (χ1) is 5.89. The van der Waals surface area contributed by atoms with E-state index in [1.54, 1.807) is 6.92 Å². The molecule has 2 atom stereocenters. The van der Waals surface area contributed by atoms with E-state index >= 15 is 0 Å². The number of alkyl halides is 3. The summed E-state index contributed by atoms with van der Waals surface area (Å²) in [5.74, 6) is -1.41. The molecule has 0 aromatic carbocycles. The molecule has 0 aromatic heterocycles. The number of hydrogen-bond donors (Lipinski definition) is 0. The minimum atomic E-state index is -4.02. The van der Waals surface area contributed by atoms with Crippen molar-refractivity contribution in [1.29, 1.82) is 0 Å². The fourth-order valence-corrected chi connectivity index (χ4v) is 1.29. The lowest BCUT2D eigenvalue weighted by atomic mass is 9.90. The summed E-state index contributed by atoms with van der Waals surface area (Å²) in [6, 6.07) is 0. The van der Waals surface area contributed by atoms with Crippen LogP contribution in [-0.2, 0) is 0 Å². The maximum atomic E-state index is 12.2. The van der Waals surface area contributed by atoms with Crippen molar-refractivity contribution in [2.45, 2.75) is 52.6 Å². The van der Waals surface area contributed by atoms with Crippen LogP contribution in [0.15, 0.2) is 0 Å². The molecular formula is C10H19F3. The Labute approximate surface area is 78.5 Å². The second-order valence-electron chi connectivity index (χ2n) is 3.80. The molecule has 0 saturated heterocycles. The van der Waals surface area contributed by atoms with Crippen molar-refractivity contribution in [1.82, 2.24) is 0 Å². The van der Waals surface area contributed by atoms with Crippen molar-refractivity contribution < 1.29 is 13.2 Å². The van der Waals surface area contributed by atoms with E-state index in [2.05, 4.69) is 6.92 Å². The molecule has 0 nitrogen and oxygen atoms in total. The zero-order valence-corrected chi connectivity index (χ0v) is 8.62. The van der Waals surface area contributed by atoms with Gasteiger partial charge in [0.2, 0.25) is 0 Å². The maximum absolute atomic E-state index is 12.2. The molecular weight excluding hydrogens is 177 g/mol. The van der Waals surface area contributed by atoms with Crippen LogP contribution in [0.2, 0.25) is 0 Å². The van der Waals surface area contributed by atoms with E-state index in [1.807, 2.05) is 0 Å². The third-order valence-corrected chi connectivity index (χ3v) is 2.63. The van der Waals surface area contributed by atoms with Crippen molar-refractivity contribution in [3.8, 4) is 0 Å². The zero-order chi connectivity index (χ0) is 10.5. The fourth-order valence-electron chi connectivity index (χ4n) is 1.29. The Balaban J connectivity index is 3.76. The summed E-state index contributed by atoms with van der Waals surface area (Å²) in [5.41, 5.74) is 0. The first-order valence-electron chi connectivity index (χ1n) is 4.96. The molecule has 0 aliphatic rings. The molecule has 0 spiro atoms. The van der Waals surface area contributed by atoms with Crippen LogP contribution in [0.1, 0.15) is 46.5 Å². The second-order valence-corrected chi connectivity index (χ2v) is 3.80. The van der Waals surface area contributed by atoms with Gasteiger partial charge in [0.05, 0.1) is 5.92 Å². The van der Waals surface area contributed by atoms with Gasteiger partial charge >= 0.3 is 6.18 Å². The van der Waals surface area contributed by atoms with E-state index in [0.29, 0.717) is 6.42 Å². The van der Waals surface area contributed by atoms with Gasteiger partial charge in [-0.1, -0.05) is 46.5 Å². The van der Waals surface area contributed by atoms with E-state index in [0.717, 1.165) is 19.3 Å². The third kappa shape index (κ3) is 5.17. The maximum Gasteiger partial charge on any atom is 0.391 e. The summed E-state index contributed by atoms with van der Waals surface area (Å²) in [7, 11) is 0. The lowest BCUT2D eigenvalue weighted by Gasteiger charge is -2.22. The normalized spacial score (nSPS) is 17.1. The highest BCUT2D eigenvalue weighted by molar-refractivity contribution is 4.68. The Morgan fingerprint density at radius 3 is 2.00 bits per heavy atom. The largest absolute Gasteiger partial charge is 0.391 e. The van der Waals surface area contributed by atoms with Crippen LogP contribution in [0.3, 0.4) is 0 Å². The average molecular weight is 196 g/mol. The number of unbranched alkanes of at least 4 members (excludes halogenated alkanes) is 2. The van der Waals surface area contributed by atoms with E-state index in [1.165, 1.54) is 6.92 Å². The lowest BCUT2D eigenvalue weighted by Crippen LogP contribution is -2.26. The van der Waals surface area contributed by atoms with Gasteiger partial charge in [0.15, 0.2) is 0 Å². The molecule has 0 unspecified atom stereocenters. The molecule has 0 saturated carbocycles. The predicted octanol–water partition coefficient (Wildman–Crippen LogP) is 4.40.